The summed E-state index contributed by atoms with van der Waals surface area (Å²) in [6.45, 7) is 2.92. The van der Waals surface area contributed by atoms with Gasteiger partial charge in [0.25, 0.3) is 0 Å². The third-order valence-electron chi connectivity index (χ3n) is 1.12. The number of hydrogen-bond acceptors (Lipinski definition) is 3. The first-order valence-electron chi connectivity index (χ1n) is 2.46. The smallest absolute Gasteiger partial charge is 0.168 e. The molecule has 41 valence electrons. The maximum atomic E-state index is 4.19. The molecule has 0 N–H and O–H groups in total. The normalized spacial score (nSPS) is 24.0. The van der Waals surface area contributed by atoms with Crippen LogP contribution in [0.3, 0.4) is 0 Å². The Kier molecular flexibility index (Phi) is 0.842. The van der Waals surface area contributed by atoms with E-state index < -0.39 is 0 Å². The quantitative estimate of drug-likeness (QED) is 0.480. The van der Waals surface area contributed by atoms with Gasteiger partial charge < -0.3 is 4.90 Å². The molecular weight excluding hydrogens is 120 g/mol. The zero-order chi connectivity index (χ0) is 5.40. The summed E-state index contributed by atoms with van der Waals surface area (Å²) in [7, 11) is 0. The van der Waals surface area contributed by atoms with Gasteiger partial charge in [-0.25, -0.2) is 0 Å². The second-order valence-corrected chi connectivity index (χ2v) is 2.49. The highest BCUT2D eigenvalue weighted by Gasteiger charge is 2.17. The average Bonchev–Trinajstić information content (AvgIpc) is 2.15. The predicted octanol–water partition coefficient (Wildman–Crippen LogP) is 1.04. The number of rotatable bonds is 0. The van der Waals surface area contributed by atoms with Gasteiger partial charge in [0.05, 0.1) is 13.1 Å². The van der Waals surface area contributed by atoms with Gasteiger partial charge in [0, 0.05) is 6.20 Å². The summed E-state index contributed by atoms with van der Waals surface area (Å²) >= 11 is 1.68. The molecule has 2 aliphatic rings. The summed E-state index contributed by atoms with van der Waals surface area (Å²) in [5, 5.41) is 3.15. The Morgan fingerprint density at radius 3 is 3.62 bits per heavy atom. The molecule has 2 rings (SSSR count). The van der Waals surface area contributed by atoms with Crippen molar-refractivity contribution in [2.45, 2.75) is 0 Å². The molecule has 0 spiro atoms. The van der Waals surface area contributed by atoms with Crippen molar-refractivity contribution < 1.29 is 0 Å². The van der Waals surface area contributed by atoms with Gasteiger partial charge in [-0.3, -0.25) is 4.99 Å². The van der Waals surface area contributed by atoms with Crippen LogP contribution in [0, 0.1) is 6.54 Å². The largest absolute Gasteiger partial charge is 0.320 e. The van der Waals surface area contributed by atoms with Crippen molar-refractivity contribution in [3.8, 4) is 0 Å². The van der Waals surface area contributed by atoms with Crippen LogP contribution in [-0.4, -0.2) is 16.6 Å². The van der Waals surface area contributed by atoms with E-state index in [9.17, 15) is 0 Å². The Bertz CT molecular complexity index is 162. The van der Waals surface area contributed by atoms with Crippen LogP contribution in [0.5, 0.6) is 0 Å². The lowest BCUT2D eigenvalue weighted by Gasteiger charge is -2.03. The summed E-state index contributed by atoms with van der Waals surface area (Å²) in [6, 6.07) is 0. The van der Waals surface area contributed by atoms with Crippen molar-refractivity contribution in [1.29, 1.82) is 0 Å². The highest BCUT2D eigenvalue weighted by molar-refractivity contribution is 8.16. The van der Waals surface area contributed by atoms with Crippen molar-refractivity contribution >= 4 is 16.9 Å². The Morgan fingerprint density at radius 2 is 2.75 bits per heavy atom. The number of hydrogen-bond donors (Lipinski definition) is 0. The molecule has 0 saturated heterocycles. The fourth-order valence-corrected chi connectivity index (χ4v) is 1.47. The van der Waals surface area contributed by atoms with Crippen LogP contribution in [0.2, 0.25) is 0 Å². The highest BCUT2D eigenvalue weighted by atomic mass is 32.2. The Morgan fingerprint density at radius 1 is 1.75 bits per heavy atom. The Balaban J connectivity index is 2.28. The molecular formula is C5H5N2S. The van der Waals surface area contributed by atoms with Crippen molar-refractivity contribution in [1.82, 2.24) is 4.90 Å². The molecule has 1 radical (unpaired) electrons. The van der Waals surface area contributed by atoms with Gasteiger partial charge in [-0.2, -0.15) is 0 Å². The van der Waals surface area contributed by atoms with E-state index in [-0.39, 0.29) is 0 Å². The third-order valence-corrected chi connectivity index (χ3v) is 1.93. The minimum Gasteiger partial charge on any atom is -0.320 e. The van der Waals surface area contributed by atoms with E-state index in [4.69, 9.17) is 0 Å². The Hall–Kier alpha value is -0.440. The molecule has 0 amide bonds. The molecule has 8 heavy (non-hydrogen) atoms. The van der Waals surface area contributed by atoms with Gasteiger partial charge in [0.1, 0.15) is 0 Å². The van der Waals surface area contributed by atoms with E-state index in [0.29, 0.717) is 0 Å². The number of nitrogens with zero attached hydrogens (tertiary/aromatic N) is 2. The van der Waals surface area contributed by atoms with Gasteiger partial charge in [-0.15, -0.1) is 0 Å². The van der Waals surface area contributed by atoms with Crippen LogP contribution in [0.25, 0.3) is 0 Å². The van der Waals surface area contributed by atoms with Crippen LogP contribution in [-0.2, 0) is 0 Å². The van der Waals surface area contributed by atoms with Crippen molar-refractivity contribution in [2.75, 3.05) is 6.54 Å². The van der Waals surface area contributed by atoms with Gasteiger partial charge in [-0.1, -0.05) is 11.8 Å². The minimum atomic E-state index is 0.854. The van der Waals surface area contributed by atoms with Gasteiger partial charge in [0.15, 0.2) is 5.17 Å². The summed E-state index contributed by atoms with van der Waals surface area (Å²) in [5.74, 6) is 0. The Labute approximate surface area is 52.3 Å². The standard InChI is InChI=1S/C5H5N2S/c1-2-7-3-4-8-5(7)6-1/h2-4H,1H2. The van der Waals surface area contributed by atoms with E-state index in [1.54, 1.807) is 11.8 Å². The monoisotopic (exact) mass is 125 g/mol. The molecule has 2 aliphatic heterocycles. The fraction of sp³-hybridized carbons (Fsp3) is 0.200. The average molecular weight is 125 g/mol. The molecule has 2 heterocycles. The first kappa shape index (κ1) is 4.44. The summed E-state index contributed by atoms with van der Waals surface area (Å²) in [6.07, 6.45) is 2.02. The molecule has 0 aromatic rings. The lowest BCUT2D eigenvalue weighted by atomic mass is 10.6. The number of fused-ring (bicyclic) bond motifs is 1. The van der Waals surface area contributed by atoms with Crippen LogP contribution in [0.15, 0.2) is 16.6 Å². The molecule has 0 aromatic heterocycles. The van der Waals surface area contributed by atoms with E-state index in [1.807, 2.05) is 16.5 Å². The van der Waals surface area contributed by atoms with Gasteiger partial charge in [-0.05, 0) is 5.41 Å². The van der Waals surface area contributed by atoms with Crippen LogP contribution < -0.4 is 0 Å². The van der Waals surface area contributed by atoms with Crippen molar-refractivity contribution in [2.24, 2.45) is 4.99 Å². The van der Waals surface area contributed by atoms with E-state index in [0.717, 1.165) is 11.7 Å². The molecule has 3 heteroatoms. The zero-order valence-electron chi connectivity index (χ0n) is 4.24. The molecule has 0 aliphatic carbocycles. The predicted molar refractivity (Wildman–Crippen MR) is 35.2 cm³/mol. The van der Waals surface area contributed by atoms with Crippen LogP contribution >= 0.6 is 11.8 Å². The zero-order valence-corrected chi connectivity index (χ0v) is 5.06. The first-order chi connectivity index (χ1) is 3.97. The van der Waals surface area contributed by atoms with E-state index >= 15 is 0 Å². The molecule has 0 bridgehead atoms. The summed E-state index contributed by atoms with van der Waals surface area (Å²) < 4.78 is 0. The topological polar surface area (TPSA) is 15.6 Å². The minimum absolute atomic E-state index is 0.854. The van der Waals surface area contributed by atoms with Gasteiger partial charge >= 0.3 is 0 Å². The number of aliphatic imine (C=N–C) groups is 1. The summed E-state index contributed by atoms with van der Waals surface area (Å²) in [4.78, 5) is 6.23. The van der Waals surface area contributed by atoms with E-state index in [2.05, 4.69) is 11.5 Å². The SMILES string of the molecule is [CH]1CN=C2SC=CN12. The second kappa shape index (κ2) is 1.52. The van der Waals surface area contributed by atoms with Crippen molar-refractivity contribution in [3.63, 3.8) is 0 Å². The maximum Gasteiger partial charge on any atom is 0.168 e. The van der Waals surface area contributed by atoms with Crippen LogP contribution in [0.1, 0.15) is 0 Å². The van der Waals surface area contributed by atoms with Crippen molar-refractivity contribution in [3.05, 3.63) is 18.2 Å². The molecule has 2 nitrogen and oxygen atoms in total. The lowest BCUT2D eigenvalue weighted by Crippen LogP contribution is -2.09. The lowest BCUT2D eigenvalue weighted by molar-refractivity contribution is 0.722. The molecule has 0 fully saturated rings. The molecule has 0 unspecified atom stereocenters. The first-order valence-corrected chi connectivity index (χ1v) is 3.34. The molecule has 0 saturated carbocycles. The third kappa shape index (κ3) is 0.478. The number of amidine groups is 1. The van der Waals surface area contributed by atoms with Gasteiger partial charge in [0.2, 0.25) is 0 Å². The highest BCUT2D eigenvalue weighted by Crippen LogP contribution is 2.23. The molecule has 0 atom stereocenters. The molecule has 0 aromatic carbocycles. The second-order valence-electron chi connectivity index (χ2n) is 1.62. The van der Waals surface area contributed by atoms with Crippen LogP contribution in [0.4, 0.5) is 0 Å². The number of thioether (sulfide) groups is 1. The maximum absolute atomic E-state index is 4.19. The van der Waals surface area contributed by atoms with E-state index in [1.165, 1.54) is 0 Å². The summed E-state index contributed by atoms with van der Waals surface area (Å²) in [5.41, 5.74) is 0. The fourth-order valence-electron chi connectivity index (χ4n) is 0.746.